The Hall–Kier alpha value is -1.35. The molecule has 1 aromatic heterocycles. The number of aliphatic hydroxyl groups is 2. The molecular weight excluding hydrogens is 262 g/mol. The van der Waals surface area contributed by atoms with Gasteiger partial charge in [0.2, 0.25) is 0 Å². The highest BCUT2D eigenvalue weighted by Gasteiger charge is 2.29. The summed E-state index contributed by atoms with van der Waals surface area (Å²) in [6.45, 7) is 0.796. The normalized spacial score (nSPS) is 18.2. The molecule has 0 spiro atoms. The molecule has 19 heavy (non-hydrogen) atoms. The van der Waals surface area contributed by atoms with Crippen molar-refractivity contribution in [3.63, 3.8) is 0 Å². The molecule has 0 bridgehead atoms. The molecule has 1 saturated heterocycles. The van der Waals surface area contributed by atoms with Crippen molar-refractivity contribution in [2.24, 2.45) is 0 Å². The van der Waals surface area contributed by atoms with Gasteiger partial charge in [-0.15, -0.1) is 11.3 Å². The molecule has 0 aromatic carbocycles. The minimum atomic E-state index is -0.0430. The van der Waals surface area contributed by atoms with Crippen LogP contribution in [0.3, 0.4) is 0 Å². The van der Waals surface area contributed by atoms with Gasteiger partial charge in [0.25, 0.3) is 5.91 Å². The average Bonchev–Trinajstić information content (AvgIpc) is 3.07. The van der Waals surface area contributed by atoms with E-state index in [1.54, 1.807) is 11.0 Å². The Morgan fingerprint density at radius 3 is 3.05 bits per heavy atom. The topological polar surface area (TPSA) is 60.8 Å². The van der Waals surface area contributed by atoms with Crippen LogP contribution in [0.25, 0.3) is 0 Å². The molecule has 2 heterocycles. The first kappa shape index (κ1) is 14.1. The fourth-order valence-corrected chi connectivity index (χ4v) is 3.00. The maximum absolute atomic E-state index is 12.3. The van der Waals surface area contributed by atoms with E-state index >= 15 is 0 Å². The fourth-order valence-electron chi connectivity index (χ4n) is 2.16. The lowest BCUT2D eigenvalue weighted by Gasteiger charge is -2.22. The summed E-state index contributed by atoms with van der Waals surface area (Å²) in [5.41, 5.74) is 0. The zero-order chi connectivity index (χ0) is 13.7. The molecule has 1 aromatic rings. The number of nitrogens with zero attached hydrogens (tertiary/aromatic N) is 1. The van der Waals surface area contributed by atoms with Gasteiger partial charge in [0, 0.05) is 13.0 Å². The van der Waals surface area contributed by atoms with Crippen LogP contribution in [0.1, 0.15) is 33.8 Å². The number of amides is 1. The second-order valence-corrected chi connectivity index (χ2v) is 5.50. The average molecular weight is 279 g/mol. The van der Waals surface area contributed by atoms with E-state index in [0.717, 1.165) is 17.7 Å². The maximum Gasteiger partial charge on any atom is 0.264 e. The number of carbonyl (C=O) groups is 1. The lowest BCUT2D eigenvalue weighted by Crippen LogP contribution is -2.37. The number of thiophene rings is 1. The summed E-state index contributed by atoms with van der Waals surface area (Å²) in [4.78, 5) is 15.5. The summed E-state index contributed by atoms with van der Waals surface area (Å²) in [6.07, 6.45) is 2.27. The number of rotatable bonds is 3. The third kappa shape index (κ3) is 3.35. The van der Waals surface area contributed by atoms with Crippen LogP contribution in [0.15, 0.2) is 12.1 Å². The zero-order valence-electron chi connectivity index (χ0n) is 10.6. The third-order valence-corrected chi connectivity index (χ3v) is 4.10. The van der Waals surface area contributed by atoms with Gasteiger partial charge in [-0.3, -0.25) is 4.79 Å². The van der Waals surface area contributed by atoms with Crippen molar-refractivity contribution in [2.75, 3.05) is 19.8 Å². The van der Waals surface area contributed by atoms with Crippen molar-refractivity contribution < 1.29 is 15.0 Å². The molecule has 1 fully saturated rings. The first-order chi connectivity index (χ1) is 9.26. The minimum Gasteiger partial charge on any atom is -0.395 e. The number of aliphatic hydroxyl groups excluding tert-OH is 2. The van der Waals surface area contributed by atoms with Crippen molar-refractivity contribution in [1.82, 2.24) is 4.90 Å². The van der Waals surface area contributed by atoms with E-state index in [1.165, 1.54) is 11.3 Å². The van der Waals surface area contributed by atoms with Crippen molar-refractivity contribution in [3.05, 3.63) is 21.9 Å². The van der Waals surface area contributed by atoms with E-state index in [9.17, 15) is 9.90 Å². The molecule has 4 nitrogen and oxygen atoms in total. The van der Waals surface area contributed by atoms with Crippen LogP contribution >= 0.6 is 11.3 Å². The summed E-state index contributed by atoms with van der Waals surface area (Å²) >= 11 is 1.36. The Morgan fingerprint density at radius 2 is 2.32 bits per heavy atom. The van der Waals surface area contributed by atoms with Crippen molar-refractivity contribution >= 4 is 17.2 Å². The van der Waals surface area contributed by atoms with Crippen molar-refractivity contribution in [2.45, 2.75) is 25.3 Å². The number of hydrogen-bond donors (Lipinski definition) is 2. The molecule has 102 valence electrons. The monoisotopic (exact) mass is 279 g/mol. The Kier molecular flexibility index (Phi) is 4.97. The maximum atomic E-state index is 12.3. The van der Waals surface area contributed by atoms with Gasteiger partial charge in [-0.25, -0.2) is 0 Å². The van der Waals surface area contributed by atoms with Gasteiger partial charge in [0.15, 0.2) is 0 Å². The predicted molar refractivity (Wildman–Crippen MR) is 74.0 cm³/mol. The van der Waals surface area contributed by atoms with Crippen LogP contribution in [-0.4, -0.2) is 46.8 Å². The fraction of sp³-hybridized carbons (Fsp3) is 0.500. The van der Waals surface area contributed by atoms with Crippen molar-refractivity contribution in [1.29, 1.82) is 0 Å². The van der Waals surface area contributed by atoms with Gasteiger partial charge in [0.05, 0.1) is 29.0 Å². The molecule has 2 rings (SSSR count). The van der Waals surface area contributed by atoms with E-state index < -0.39 is 0 Å². The predicted octanol–water partition coefficient (Wildman–Crippen LogP) is 1.08. The van der Waals surface area contributed by atoms with Crippen LogP contribution in [0, 0.1) is 11.8 Å². The largest absolute Gasteiger partial charge is 0.395 e. The van der Waals surface area contributed by atoms with Crippen LogP contribution in [-0.2, 0) is 0 Å². The lowest BCUT2D eigenvalue weighted by atomic mass is 10.2. The van der Waals surface area contributed by atoms with Gasteiger partial charge in [-0.2, -0.15) is 0 Å². The standard InChI is InChI=1S/C14H17NO3S/c16-9-2-1-5-12-6-7-13(19-12)14(18)15-8-3-4-11(15)10-17/h6-7,11,16-17H,2-4,8-10H2. The van der Waals surface area contributed by atoms with E-state index in [2.05, 4.69) is 11.8 Å². The first-order valence-electron chi connectivity index (χ1n) is 6.37. The molecular formula is C14H17NO3S. The molecule has 1 aliphatic heterocycles. The summed E-state index contributed by atoms with van der Waals surface area (Å²) in [5, 5.41) is 17.9. The van der Waals surface area contributed by atoms with Gasteiger partial charge >= 0.3 is 0 Å². The Bertz CT molecular complexity index is 500. The van der Waals surface area contributed by atoms with Crippen molar-refractivity contribution in [3.8, 4) is 11.8 Å². The quantitative estimate of drug-likeness (QED) is 0.814. The van der Waals surface area contributed by atoms with Gasteiger partial charge < -0.3 is 15.1 Å². The van der Waals surface area contributed by atoms with E-state index in [0.29, 0.717) is 17.8 Å². The van der Waals surface area contributed by atoms with Gasteiger partial charge in [-0.1, -0.05) is 11.8 Å². The molecule has 1 amide bonds. The number of carbonyl (C=O) groups excluding carboxylic acids is 1. The molecule has 2 N–H and O–H groups in total. The van der Waals surface area contributed by atoms with Gasteiger partial charge in [-0.05, 0) is 25.0 Å². The molecule has 1 unspecified atom stereocenters. The Morgan fingerprint density at radius 1 is 1.47 bits per heavy atom. The highest BCUT2D eigenvalue weighted by Crippen LogP contribution is 2.23. The summed E-state index contributed by atoms with van der Waals surface area (Å²) in [6, 6.07) is 3.56. The van der Waals surface area contributed by atoms with Crippen LogP contribution < -0.4 is 0 Å². The SMILES string of the molecule is O=C(c1ccc(C#CCCO)s1)N1CCCC1CO. The molecule has 1 atom stereocenters. The second-order valence-electron chi connectivity index (χ2n) is 4.42. The first-order valence-corrected chi connectivity index (χ1v) is 7.19. The minimum absolute atomic E-state index is 0.0169. The summed E-state index contributed by atoms with van der Waals surface area (Å²) in [5.74, 6) is 5.75. The van der Waals surface area contributed by atoms with Gasteiger partial charge in [0.1, 0.15) is 0 Å². The molecule has 0 saturated carbocycles. The van der Waals surface area contributed by atoms with Crippen LogP contribution in [0.4, 0.5) is 0 Å². The Labute approximate surface area is 116 Å². The third-order valence-electron chi connectivity index (χ3n) is 3.11. The van der Waals surface area contributed by atoms with Crippen LogP contribution in [0.5, 0.6) is 0 Å². The lowest BCUT2D eigenvalue weighted by molar-refractivity contribution is 0.0682. The Balaban J connectivity index is 2.06. The van der Waals surface area contributed by atoms with E-state index in [-0.39, 0.29) is 25.2 Å². The number of hydrogen-bond acceptors (Lipinski definition) is 4. The molecule has 0 aliphatic carbocycles. The molecule has 5 heteroatoms. The smallest absolute Gasteiger partial charge is 0.264 e. The van der Waals surface area contributed by atoms with E-state index in [1.807, 2.05) is 6.07 Å². The van der Waals surface area contributed by atoms with Crippen LogP contribution in [0.2, 0.25) is 0 Å². The zero-order valence-corrected chi connectivity index (χ0v) is 11.4. The second kappa shape index (κ2) is 6.71. The summed E-state index contributed by atoms with van der Waals surface area (Å²) < 4.78 is 0. The highest BCUT2D eigenvalue weighted by molar-refractivity contribution is 7.14. The van der Waals surface area contributed by atoms with E-state index in [4.69, 9.17) is 5.11 Å². The molecule has 1 aliphatic rings. The number of likely N-dealkylation sites (tertiary alicyclic amines) is 1. The highest BCUT2D eigenvalue weighted by atomic mass is 32.1. The molecule has 0 radical (unpaired) electrons. The summed E-state index contributed by atoms with van der Waals surface area (Å²) in [7, 11) is 0.